The third-order valence-corrected chi connectivity index (χ3v) is 4.13. The highest BCUT2D eigenvalue weighted by Gasteiger charge is 2.07. The predicted octanol–water partition coefficient (Wildman–Crippen LogP) is 3.75. The van der Waals surface area contributed by atoms with Gasteiger partial charge in [0.2, 0.25) is 0 Å². The number of pyridine rings is 1. The van der Waals surface area contributed by atoms with Gasteiger partial charge in [-0.1, -0.05) is 11.6 Å². The van der Waals surface area contributed by atoms with Crippen LogP contribution in [0.25, 0.3) is 5.65 Å². The largest absolute Gasteiger partial charge is 0.484 e. The van der Waals surface area contributed by atoms with E-state index in [1.54, 1.807) is 18.2 Å². The zero-order valence-electron chi connectivity index (χ0n) is 12.9. The Morgan fingerprint density at radius 3 is 2.96 bits per heavy atom. The number of amides is 1. The normalized spacial score (nSPS) is 10.8. The van der Waals surface area contributed by atoms with Gasteiger partial charge in [-0.2, -0.15) is 0 Å². The lowest BCUT2D eigenvalue weighted by Gasteiger charge is -2.09. The molecule has 2 heterocycles. The maximum atomic E-state index is 11.9. The number of benzene rings is 1. The van der Waals surface area contributed by atoms with E-state index < -0.39 is 0 Å². The van der Waals surface area contributed by atoms with Gasteiger partial charge in [0, 0.05) is 21.9 Å². The van der Waals surface area contributed by atoms with Crippen molar-refractivity contribution in [2.75, 3.05) is 6.61 Å². The van der Waals surface area contributed by atoms with Crippen molar-refractivity contribution in [1.82, 2.24) is 14.7 Å². The smallest absolute Gasteiger partial charge is 0.258 e. The molecule has 1 N–H and O–H groups in total. The minimum absolute atomic E-state index is 0.0542. The van der Waals surface area contributed by atoms with Crippen LogP contribution in [0.1, 0.15) is 11.3 Å². The molecule has 0 aliphatic heterocycles. The molecule has 0 bridgehead atoms. The minimum Gasteiger partial charge on any atom is -0.484 e. The highest BCUT2D eigenvalue weighted by Crippen LogP contribution is 2.21. The molecular formula is C17H15BrClN3O2. The summed E-state index contributed by atoms with van der Waals surface area (Å²) in [6.45, 7) is 2.18. The Balaban J connectivity index is 1.54. The first-order valence-corrected chi connectivity index (χ1v) is 8.47. The van der Waals surface area contributed by atoms with Gasteiger partial charge in [0.1, 0.15) is 11.4 Å². The van der Waals surface area contributed by atoms with Gasteiger partial charge in [-0.3, -0.25) is 4.79 Å². The molecule has 2 aromatic heterocycles. The minimum atomic E-state index is -0.206. The highest BCUT2D eigenvalue weighted by atomic mass is 79.9. The van der Waals surface area contributed by atoms with Gasteiger partial charge in [0.15, 0.2) is 6.61 Å². The van der Waals surface area contributed by atoms with Gasteiger partial charge >= 0.3 is 0 Å². The lowest BCUT2D eigenvalue weighted by Crippen LogP contribution is -2.28. The lowest BCUT2D eigenvalue weighted by molar-refractivity contribution is -0.123. The monoisotopic (exact) mass is 407 g/mol. The number of halogens is 2. The van der Waals surface area contributed by atoms with Crippen LogP contribution in [0, 0.1) is 6.92 Å². The Hall–Kier alpha value is -2.05. The molecule has 0 aliphatic rings. The summed E-state index contributed by atoms with van der Waals surface area (Å²) in [5.41, 5.74) is 2.50. The molecule has 0 atom stereocenters. The van der Waals surface area contributed by atoms with Crippen LogP contribution in [-0.2, 0) is 11.3 Å². The molecule has 0 unspecified atom stereocenters. The summed E-state index contributed by atoms with van der Waals surface area (Å²) in [5.74, 6) is 0.440. The van der Waals surface area contributed by atoms with Crippen molar-refractivity contribution in [3.8, 4) is 5.75 Å². The van der Waals surface area contributed by atoms with E-state index in [1.807, 2.05) is 35.9 Å². The van der Waals surface area contributed by atoms with Crippen LogP contribution in [-0.4, -0.2) is 21.9 Å². The number of ether oxygens (including phenoxy) is 1. The second-order valence-corrected chi connectivity index (χ2v) is 6.67. The van der Waals surface area contributed by atoms with Gasteiger partial charge in [-0.05, 0) is 58.7 Å². The number of carbonyl (C=O) groups is 1. The van der Waals surface area contributed by atoms with Gasteiger partial charge < -0.3 is 14.5 Å². The van der Waals surface area contributed by atoms with Gasteiger partial charge in [-0.25, -0.2) is 4.98 Å². The maximum absolute atomic E-state index is 11.9. The molecule has 0 aliphatic carbocycles. The number of rotatable bonds is 5. The Morgan fingerprint density at radius 1 is 1.33 bits per heavy atom. The Morgan fingerprint density at radius 2 is 2.17 bits per heavy atom. The van der Waals surface area contributed by atoms with Crippen LogP contribution in [0.4, 0.5) is 0 Å². The summed E-state index contributed by atoms with van der Waals surface area (Å²) in [6.07, 6.45) is 3.80. The number of hydrogen-bond acceptors (Lipinski definition) is 3. The predicted molar refractivity (Wildman–Crippen MR) is 96.4 cm³/mol. The molecule has 0 fully saturated rings. The van der Waals surface area contributed by atoms with Gasteiger partial charge in [0.25, 0.3) is 5.91 Å². The van der Waals surface area contributed by atoms with Crippen molar-refractivity contribution in [2.45, 2.75) is 13.5 Å². The molecule has 24 heavy (non-hydrogen) atoms. The van der Waals surface area contributed by atoms with E-state index >= 15 is 0 Å². The quantitative estimate of drug-likeness (QED) is 0.699. The molecule has 0 radical (unpaired) electrons. The number of nitrogens with zero attached hydrogens (tertiary/aromatic N) is 2. The Labute approximate surface area is 152 Å². The van der Waals surface area contributed by atoms with Crippen molar-refractivity contribution >= 4 is 39.1 Å². The zero-order valence-corrected chi connectivity index (χ0v) is 15.3. The van der Waals surface area contributed by atoms with Crippen LogP contribution < -0.4 is 10.1 Å². The van der Waals surface area contributed by atoms with Crippen LogP contribution in [0.2, 0.25) is 5.02 Å². The van der Waals surface area contributed by atoms with E-state index in [2.05, 4.69) is 26.2 Å². The molecule has 3 aromatic rings. The summed E-state index contributed by atoms with van der Waals surface area (Å²) in [7, 11) is 0. The maximum Gasteiger partial charge on any atom is 0.258 e. The van der Waals surface area contributed by atoms with Crippen molar-refractivity contribution in [3.05, 3.63) is 63.5 Å². The fourth-order valence-corrected chi connectivity index (χ4v) is 2.84. The molecule has 0 saturated heterocycles. The van der Waals surface area contributed by atoms with E-state index in [4.69, 9.17) is 16.3 Å². The van der Waals surface area contributed by atoms with Crippen LogP contribution in [0.5, 0.6) is 5.75 Å². The fourth-order valence-electron chi connectivity index (χ4n) is 2.26. The summed E-state index contributed by atoms with van der Waals surface area (Å²) in [4.78, 5) is 16.4. The van der Waals surface area contributed by atoms with Gasteiger partial charge in [-0.15, -0.1) is 0 Å². The molecule has 7 heteroatoms. The molecule has 1 amide bonds. The standard InChI is InChI=1S/C17H15BrClN3O2/c1-11-6-13(19)3-4-15(11)24-10-17(23)20-7-14-9-22-8-12(18)2-5-16(22)21-14/h2-6,8-9H,7,10H2,1H3,(H,20,23). The molecule has 1 aromatic carbocycles. The second-order valence-electron chi connectivity index (χ2n) is 5.32. The highest BCUT2D eigenvalue weighted by molar-refractivity contribution is 9.10. The van der Waals surface area contributed by atoms with E-state index in [9.17, 15) is 4.79 Å². The average Bonchev–Trinajstić information content (AvgIpc) is 2.94. The number of hydrogen-bond donors (Lipinski definition) is 1. The number of fused-ring (bicyclic) bond motifs is 1. The van der Waals surface area contributed by atoms with Crippen molar-refractivity contribution in [3.63, 3.8) is 0 Å². The molecule has 5 nitrogen and oxygen atoms in total. The first-order chi connectivity index (χ1) is 11.5. The Bertz CT molecular complexity index is 895. The van der Waals surface area contributed by atoms with Crippen molar-refractivity contribution in [1.29, 1.82) is 0 Å². The SMILES string of the molecule is Cc1cc(Cl)ccc1OCC(=O)NCc1cn2cc(Br)ccc2n1. The average molecular weight is 409 g/mol. The molecule has 0 spiro atoms. The summed E-state index contributed by atoms with van der Waals surface area (Å²) < 4.78 is 8.38. The summed E-state index contributed by atoms with van der Waals surface area (Å²) >= 11 is 9.31. The molecule has 3 rings (SSSR count). The number of imidazole rings is 1. The number of carbonyl (C=O) groups excluding carboxylic acids is 1. The molecule has 0 saturated carbocycles. The van der Waals surface area contributed by atoms with Gasteiger partial charge in [0.05, 0.1) is 12.2 Å². The number of aryl methyl sites for hydroxylation is 1. The molecular weight excluding hydrogens is 394 g/mol. The summed E-state index contributed by atoms with van der Waals surface area (Å²) in [6, 6.07) is 9.11. The third kappa shape index (κ3) is 4.07. The summed E-state index contributed by atoms with van der Waals surface area (Å²) in [5, 5.41) is 3.44. The number of aromatic nitrogens is 2. The zero-order chi connectivity index (χ0) is 17.1. The fraction of sp³-hybridized carbons (Fsp3) is 0.176. The number of nitrogens with one attached hydrogen (secondary N) is 1. The van der Waals surface area contributed by atoms with E-state index in [1.165, 1.54) is 0 Å². The molecule has 124 valence electrons. The van der Waals surface area contributed by atoms with Crippen molar-refractivity contribution in [2.24, 2.45) is 0 Å². The Kier molecular flexibility index (Phi) is 5.06. The lowest BCUT2D eigenvalue weighted by atomic mass is 10.2. The second kappa shape index (κ2) is 7.23. The first kappa shape index (κ1) is 16.8. The van der Waals surface area contributed by atoms with Crippen LogP contribution in [0.15, 0.2) is 47.2 Å². The van der Waals surface area contributed by atoms with E-state index in [-0.39, 0.29) is 12.5 Å². The van der Waals surface area contributed by atoms with Crippen molar-refractivity contribution < 1.29 is 9.53 Å². The topological polar surface area (TPSA) is 55.6 Å². The van der Waals surface area contributed by atoms with Crippen LogP contribution >= 0.6 is 27.5 Å². The third-order valence-electron chi connectivity index (χ3n) is 3.43. The van der Waals surface area contributed by atoms with E-state index in [0.717, 1.165) is 21.4 Å². The first-order valence-electron chi connectivity index (χ1n) is 7.30. The van der Waals surface area contributed by atoms with E-state index in [0.29, 0.717) is 17.3 Å². The van der Waals surface area contributed by atoms with Crippen LogP contribution in [0.3, 0.4) is 0 Å².